The van der Waals surface area contributed by atoms with E-state index in [4.69, 9.17) is 4.74 Å². The molecule has 7 heteroatoms. The fourth-order valence-electron chi connectivity index (χ4n) is 4.06. The Morgan fingerprint density at radius 1 is 1.18 bits per heavy atom. The van der Waals surface area contributed by atoms with Crippen LogP contribution in [0.3, 0.4) is 0 Å². The zero-order valence-corrected chi connectivity index (χ0v) is 15.4. The summed E-state index contributed by atoms with van der Waals surface area (Å²) in [6, 6.07) is 12.5. The van der Waals surface area contributed by atoms with E-state index < -0.39 is 17.4 Å². The molecule has 1 fully saturated rings. The number of likely N-dealkylation sites (N-methyl/N-ethyl adjacent to an activating group) is 1. The number of hydrogen-bond donors (Lipinski definition) is 0. The molecule has 0 aromatic heterocycles. The minimum Gasteiger partial charge on any atom is -0.458 e. The molecule has 0 saturated carbocycles. The van der Waals surface area contributed by atoms with Gasteiger partial charge in [0.25, 0.3) is 5.91 Å². The Morgan fingerprint density at radius 2 is 1.96 bits per heavy atom. The lowest BCUT2D eigenvalue weighted by molar-refractivity contribution is -0.158. The number of esters is 1. The number of benzene rings is 2. The smallest absolute Gasteiger partial charge is 0.354 e. The molecule has 0 N–H and O–H groups in total. The molecule has 0 radical (unpaired) electrons. The normalized spacial score (nSPS) is 20.8. The number of rotatable bonds is 4. The van der Waals surface area contributed by atoms with Crippen LogP contribution in [0.15, 0.2) is 48.5 Å². The van der Waals surface area contributed by atoms with Crippen molar-refractivity contribution in [2.45, 2.75) is 32.0 Å². The van der Waals surface area contributed by atoms with E-state index in [1.54, 1.807) is 37.3 Å². The van der Waals surface area contributed by atoms with Gasteiger partial charge in [0.1, 0.15) is 12.4 Å². The van der Waals surface area contributed by atoms with Gasteiger partial charge >= 0.3 is 5.97 Å². The van der Waals surface area contributed by atoms with Gasteiger partial charge in [-0.3, -0.25) is 14.5 Å². The summed E-state index contributed by atoms with van der Waals surface area (Å²) in [4.78, 5) is 41.8. The van der Waals surface area contributed by atoms with Crippen LogP contribution in [0.5, 0.6) is 0 Å². The lowest BCUT2D eigenvalue weighted by atomic mass is 9.96. The second-order valence-electron chi connectivity index (χ2n) is 6.82. The first-order valence-electron chi connectivity index (χ1n) is 9.14. The van der Waals surface area contributed by atoms with Crippen molar-refractivity contribution in [3.8, 4) is 0 Å². The van der Waals surface area contributed by atoms with Gasteiger partial charge in [0, 0.05) is 19.4 Å². The third kappa shape index (κ3) is 2.58. The summed E-state index contributed by atoms with van der Waals surface area (Å²) in [7, 11) is 0. The number of hydrogen-bond acceptors (Lipinski definition) is 4. The Bertz CT molecular complexity index is 976. The van der Waals surface area contributed by atoms with Gasteiger partial charge in [-0.2, -0.15) is 0 Å². The molecular weight excluding hydrogens is 363 g/mol. The highest BCUT2D eigenvalue weighted by atomic mass is 19.1. The number of amides is 2. The third-order valence-electron chi connectivity index (χ3n) is 5.28. The van der Waals surface area contributed by atoms with Crippen LogP contribution in [-0.2, 0) is 20.9 Å². The first-order chi connectivity index (χ1) is 13.5. The molecule has 4 rings (SSSR count). The number of fused-ring (bicyclic) bond motifs is 3. The van der Waals surface area contributed by atoms with Crippen LogP contribution in [0.1, 0.15) is 35.7 Å². The Balaban J connectivity index is 1.73. The highest BCUT2D eigenvalue weighted by Gasteiger charge is 2.61. The number of para-hydroxylation sites is 1. The molecule has 0 spiro atoms. The van der Waals surface area contributed by atoms with E-state index in [1.165, 1.54) is 28.0 Å². The van der Waals surface area contributed by atoms with E-state index in [-0.39, 0.29) is 37.8 Å². The average Bonchev–Trinajstić information content (AvgIpc) is 3.05. The van der Waals surface area contributed by atoms with E-state index in [1.807, 2.05) is 0 Å². The van der Waals surface area contributed by atoms with Crippen LogP contribution in [0.25, 0.3) is 0 Å². The molecule has 2 aliphatic rings. The molecular formula is C21H19FN2O4. The minimum absolute atomic E-state index is 0.132. The second-order valence-corrected chi connectivity index (χ2v) is 6.82. The van der Waals surface area contributed by atoms with Crippen molar-refractivity contribution in [1.82, 2.24) is 4.90 Å². The molecule has 6 nitrogen and oxygen atoms in total. The van der Waals surface area contributed by atoms with Crippen molar-refractivity contribution < 1.29 is 23.5 Å². The van der Waals surface area contributed by atoms with Gasteiger partial charge in [0.15, 0.2) is 0 Å². The summed E-state index contributed by atoms with van der Waals surface area (Å²) in [6.07, 6.45) is 0.287. The Kier molecular flexibility index (Phi) is 4.37. The molecule has 2 aliphatic heterocycles. The lowest BCUT2D eigenvalue weighted by Crippen LogP contribution is -2.68. The standard InChI is InChI=1S/C21H19FN2O4/c1-2-23-19(26)16-8-3-4-9-17(16)24-18(25)10-11-21(23,24)20(27)28-13-14-6-5-7-15(22)12-14/h3-9,12H,2,10-11,13H2,1H3/t21-/m0/s1. The van der Waals surface area contributed by atoms with E-state index in [9.17, 15) is 18.8 Å². The van der Waals surface area contributed by atoms with Crippen LogP contribution in [0.2, 0.25) is 0 Å². The van der Waals surface area contributed by atoms with Crippen molar-refractivity contribution >= 4 is 23.5 Å². The van der Waals surface area contributed by atoms with Gasteiger partial charge in [0.05, 0.1) is 11.3 Å². The fraction of sp³-hybridized carbons (Fsp3) is 0.286. The number of halogens is 1. The maximum absolute atomic E-state index is 13.4. The highest BCUT2D eigenvalue weighted by molar-refractivity contribution is 6.15. The predicted molar refractivity (Wildman–Crippen MR) is 98.8 cm³/mol. The van der Waals surface area contributed by atoms with Crippen molar-refractivity contribution in [1.29, 1.82) is 0 Å². The van der Waals surface area contributed by atoms with Crippen LogP contribution in [-0.4, -0.2) is 34.9 Å². The summed E-state index contributed by atoms with van der Waals surface area (Å²) in [6.45, 7) is 1.86. The first-order valence-corrected chi connectivity index (χ1v) is 9.14. The molecule has 0 aliphatic carbocycles. The number of carbonyl (C=O) groups excluding carboxylic acids is 3. The van der Waals surface area contributed by atoms with Gasteiger partial charge in [-0.15, -0.1) is 0 Å². The number of ether oxygens (including phenoxy) is 1. The van der Waals surface area contributed by atoms with E-state index in [0.717, 1.165) is 0 Å². The molecule has 1 saturated heterocycles. The van der Waals surface area contributed by atoms with E-state index >= 15 is 0 Å². The second kappa shape index (κ2) is 6.74. The maximum atomic E-state index is 13.4. The molecule has 2 heterocycles. The Labute approximate surface area is 161 Å². The van der Waals surface area contributed by atoms with Crippen molar-refractivity contribution in [2.24, 2.45) is 0 Å². The summed E-state index contributed by atoms with van der Waals surface area (Å²) in [5.74, 6) is -1.67. The molecule has 0 bridgehead atoms. The largest absolute Gasteiger partial charge is 0.458 e. The first kappa shape index (κ1) is 18.2. The van der Waals surface area contributed by atoms with Gasteiger partial charge < -0.3 is 9.64 Å². The number of anilines is 1. The molecule has 2 aromatic carbocycles. The molecule has 0 unspecified atom stereocenters. The monoisotopic (exact) mass is 382 g/mol. The molecule has 2 aromatic rings. The molecule has 28 heavy (non-hydrogen) atoms. The van der Waals surface area contributed by atoms with Crippen LogP contribution < -0.4 is 4.90 Å². The van der Waals surface area contributed by atoms with Gasteiger partial charge in [-0.1, -0.05) is 24.3 Å². The minimum atomic E-state index is -1.51. The van der Waals surface area contributed by atoms with Crippen molar-refractivity contribution in [2.75, 3.05) is 11.4 Å². The SMILES string of the molecule is CCN1C(=O)c2ccccc2N2C(=O)CC[C@]12C(=O)OCc1cccc(F)c1. The van der Waals surface area contributed by atoms with E-state index in [0.29, 0.717) is 16.8 Å². The summed E-state index contributed by atoms with van der Waals surface area (Å²) in [5.41, 5.74) is -0.216. The summed E-state index contributed by atoms with van der Waals surface area (Å²) >= 11 is 0. The van der Waals surface area contributed by atoms with Crippen molar-refractivity contribution in [3.05, 3.63) is 65.5 Å². The van der Waals surface area contributed by atoms with Gasteiger partial charge in [0.2, 0.25) is 11.6 Å². The molecule has 1 atom stereocenters. The lowest BCUT2D eigenvalue weighted by Gasteiger charge is -2.48. The Morgan fingerprint density at radius 3 is 2.71 bits per heavy atom. The predicted octanol–water partition coefficient (Wildman–Crippen LogP) is 2.87. The van der Waals surface area contributed by atoms with E-state index in [2.05, 4.69) is 0 Å². The number of nitrogens with zero attached hydrogens (tertiary/aromatic N) is 2. The summed E-state index contributed by atoms with van der Waals surface area (Å²) < 4.78 is 18.9. The number of carbonyl (C=O) groups is 3. The highest BCUT2D eigenvalue weighted by Crippen LogP contribution is 2.45. The zero-order valence-electron chi connectivity index (χ0n) is 15.4. The van der Waals surface area contributed by atoms with Gasteiger partial charge in [-0.05, 0) is 36.8 Å². The van der Waals surface area contributed by atoms with Crippen molar-refractivity contribution in [3.63, 3.8) is 0 Å². The zero-order chi connectivity index (χ0) is 19.9. The quantitative estimate of drug-likeness (QED) is 0.763. The van der Waals surface area contributed by atoms with Crippen LogP contribution >= 0.6 is 0 Å². The van der Waals surface area contributed by atoms with Gasteiger partial charge in [-0.25, -0.2) is 9.18 Å². The molecule has 144 valence electrons. The molecule has 2 amide bonds. The maximum Gasteiger partial charge on any atom is 0.354 e. The fourth-order valence-corrected chi connectivity index (χ4v) is 4.06. The Hall–Kier alpha value is -3.22. The summed E-state index contributed by atoms with van der Waals surface area (Å²) in [5, 5.41) is 0. The topological polar surface area (TPSA) is 66.9 Å². The van der Waals surface area contributed by atoms with Crippen LogP contribution in [0.4, 0.5) is 10.1 Å². The van der Waals surface area contributed by atoms with Crippen LogP contribution in [0, 0.1) is 5.82 Å². The average molecular weight is 382 g/mol. The third-order valence-corrected chi connectivity index (χ3v) is 5.28.